The number of carboxylic acid groups (broad SMARTS) is 2. The minimum absolute atomic E-state index is 0.464. The van der Waals surface area contributed by atoms with Crippen molar-refractivity contribution in [2.75, 3.05) is 6.54 Å². The lowest BCUT2D eigenvalue weighted by molar-refractivity contribution is -0.138. The maximum Gasteiger partial charge on any atom is 0.320 e. The second-order valence-corrected chi connectivity index (χ2v) is 7.90. The first kappa shape index (κ1) is 30.9. The molecule has 188 valence electrons. The Balaban J connectivity index is 0.000000472. The monoisotopic (exact) mass is 473 g/mol. The molecule has 8 nitrogen and oxygen atoms in total. The Kier molecular flexibility index (Phi) is 17.7. The van der Waals surface area contributed by atoms with Crippen LogP contribution in [0.1, 0.15) is 62.2 Å². The van der Waals surface area contributed by atoms with E-state index in [1.165, 1.54) is 37.7 Å². The summed E-state index contributed by atoms with van der Waals surface area (Å²) < 4.78 is 0. The highest BCUT2D eigenvalue weighted by Gasteiger charge is 2.09. The van der Waals surface area contributed by atoms with Crippen molar-refractivity contribution < 1.29 is 24.6 Å². The Morgan fingerprint density at radius 2 is 1.47 bits per heavy atom. The van der Waals surface area contributed by atoms with Crippen LogP contribution in [0.2, 0.25) is 0 Å². The van der Waals surface area contributed by atoms with E-state index in [1.54, 1.807) is 0 Å². The molecule has 1 atom stereocenters. The van der Waals surface area contributed by atoms with E-state index in [9.17, 15) is 9.59 Å². The molecular weight excluding hydrogens is 434 g/mol. The maximum atomic E-state index is 10.5. The van der Waals surface area contributed by atoms with Crippen LogP contribution in [0.5, 0.6) is 0 Å². The Bertz CT molecular complexity index is 803. The van der Waals surface area contributed by atoms with Gasteiger partial charge in [0.2, 0.25) is 0 Å². The zero-order chi connectivity index (χ0) is 25.8. The fourth-order valence-electron chi connectivity index (χ4n) is 2.98. The maximum absolute atomic E-state index is 10.5. The fourth-order valence-corrected chi connectivity index (χ4v) is 2.98. The van der Waals surface area contributed by atoms with Crippen LogP contribution in [0.4, 0.5) is 0 Å². The average molecular weight is 474 g/mol. The van der Waals surface area contributed by atoms with Crippen LogP contribution in [0, 0.1) is 0 Å². The molecule has 34 heavy (non-hydrogen) atoms. The number of carbonyl (C=O) groups excluding carboxylic acids is 1. The highest BCUT2D eigenvalue weighted by atomic mass is 16.4. The summed E-state index contributed by atoms with van der Waals surface area (Å²) in [6.45, 7) is 1.58. The van der Waals surface area contributed by atoms with E-state index >= 15 is 0 Å². The number of carboxylic acids is 2. The highest BCUT2D eigenvalue weighted by Crippen LogP contribution is 2.18. The number of aliphatic carboxylic acids is 2. The van der Waals surface area contributed by atoms with Crippen LogP contribution in [0.25, 0.3) is 11.1 Å². The third kappa shape index (κ3) is 16.5. The Morgan fingerprint density at radius 3 is 1.85 bits per heavy atom. The third-order valence-corrected chi connectivity index (χ3v) is 4.84. The van der Waals surface area contributed by atoms with Crippen LogP contribution in [-0.2, 0) is 9.59 Å². The predicted molar refractivity (Wildman–Crippen MR) is 136 cm³/mol. The summed E-state index contributed by atoms with van der Waals surface area (Å²) in [5.41, 5.74) is 18.9. The van der Waals surface area contributed by atoms with Crippen LogP contribution in [-0.4, -0.2) is 47.1 Å². The number of carbonyl (C=O) groups is 3. The smallest absolute Gasteiger partial charge is 0.320 e. The standard InChI is InChI=1S/C13H10O.C6H13N.C5H12N2O2.C2H4O2/c14-10-11-6-8-13(9-7-11)12-4-2-1-3-5-12;7-6-4-2-1-3-5-6;6-3-1-2-4(7)5(8)9;1-2(3)4/h1-10H;6H,1-5,7H2;4H,1-3,6-7H2,(H,8,9);1H3,(H,3,4)/t;;4-;/m..0./s1. The van der Waals surface area contributed by atoms with E-state index in [0.29, 0.717) is 31.0 Å². The van der Waals surface area contributed by atoms with Crippen LogP contribution in [0.3, 0.4) is 0 Å². The summed E-state index contributed by atoms with van der Waals surface area (Å²) in [6.07, 6.45) is 8.66. The average Bonchev–Trinajstić information content (AvgIpc) is 2.84. The molecule has 8 N–H and O–H groups in total. The van der Waals surface area contributed by atoms with Gasteiger partial charge >= 0.3 is 5.97 Å². The van der Waals surface area contributed by atoms with Gasteiger partial charge in [-0.3, -0.25) is 14.4 Å². The number of rotatable bonds is 6. The lowest BCUT2D eigenvalue weighted by Crippen LogP contribution is -2.30. The van der Waals surface area contributed by atoms with Gasteiger partial charge in [0, 0.05) is 18.5 Å². The number of hydrogen-bond acceptors (Lipinski definition) is 6. The van der Waals surface area contributed by atoms with Crippen molar-refractivity contribution in [3.05, 3.63) is 60.2 Å². The van der Waals surface area contributed by atoms with E-state index in [1.807, 2.05) is 42.5 Å². The zero-order valence-electron chi connectivity index (χ0n) is 19.9. The van der Waals surface area contributed by atoms with Gasteiger partial charge in [-0.25, -0.2) is 0 Å². The van der Waals surface area contributed by atoms with Crippen LogP contribution in [0.15, 0.2) is 54.6 Å². The summed E-state index contributed by atoms with van der Waals surface area (Å²) in [5, 5.41) is 15.7. The van der Waals surface area contributed by atoms with Crippen molar-refractivity contribution in [1.82, 2.24) is 0 Å². The molecule has 0 aromatic heterocycles. The quantitative estimate of drug-likeness (QED) is 0.396. The Hall–Kier alpha value is -3.07. The van der Waals surface area contributed by atoms with E-state index < -0.39 is 18.0 Å². The fraction of sp³-hybridized carbons (Fsp3) is 0.423. The zero-order valence-corrected chi connectivity index (χ0v) is 19.9. The first-order valence-electron chi connectivity index (χ1n) is 11.5. The van der Waals surface area contributed by atoms with Crippen molar-refractivity contribution in [2.24, 2.45) is 17.2 Å². The lowest BCUT2D eigenvalue weighted by Gasteiger charge is -2.15. The lowest BCUT2D eigenvalue weighted by atomic mass is 9.97. The normalized spacial score (nSPS) is 13.4. The molecule has 0 amide bonds. The van der Waals surface area contributed by atoms with Gasteiger partial charge in [-0.15, -0.1) is 0 Å². The molecular formula is C26H39N3O5. The number of hydrogen-bond donors (Lipinski definition) is 5. The first-order chi connectivity index (χ1) is 16.2. The summed E-state index contributed by atoms with van der Waals surface area (Å²) in [7, 11) is 0. The molecule has 1 saturated carbocycles. The summed E-state index contributed by atoms with van der Waals surface area (Å²) >= 11 is 0. The second kappa shape index (κ2) is 19.4. The van der Waals surface area contributed by atoms with Gasteiger partial charge < -0.3 is 27.4 Å². The second-order valence-electron chi connectivity index (χ2n) is 7.90. The van der Waals surface area contributed by atoms with E-state index in [2.05, 4.69) is 12.1 Å². The van der Waals surface area contributed by atoms with Gasteiger partial charge in [0.05, 0.1) is 0 Å². The molecule has 0 heterocycles. The summed E-state index contributed by atoms with van der Waals surface area (Å²) in [6, 6.07) is 17.5. The van der Waals surface area contributed by atoms with Gasteiger partial charge in [-0.05, 0) is 43.4 Å². The molecule has 1 fully saturated rings. The largest absolute Gasteiger partial charge is 0.481 e. The van der Waals surface area contributed by atoms with Crippen LogP contribution >= 0.6 is 0 Å². The van der Waals surface area contributed by atoms with Gasteiger partial charge in [-0.2, -0.15) is 0 Å². The van der Waals surface area contributed by atoms with Gasteiger partial charge in [0.15, 0.2) is 0 Å². The Labute approximate surface area is 202 Å². The SMILES string of the molecule is CC(=O)O.NC1CCCCC1.NCCC[C@H](N)C(=O)O.O=Cc1ccc(-c2ccccc2)cc1. The van der Waals surface area contributed by atoms with Gasteiger partial charge in [0.25, 0.3) is 5.97 Å². The molecule has 0 aliphatic heterocycles. The van der Waals surface area contributed by atoms with E-state index in [0.717, 1.165) is 18.8 Å². The molecule has 0 spiro atoms. The van der Waals surface area contributed by atoms with Gasteiger partial charge in [-0.1, -0.05) is 73.9 Å². The molecule has 2 aromatic rings. The highest BCUT2D eigenvalue weighted by molar-refractivity contribution is 5.76. The van der Waals surface area contributed by atoms with Crippen molar-refractivity contribution in [3.63, 3.8) is 0 Å². The van der Waals surface area contributed by atoms with E-state index in [-0.39, 0.29) is 0 Å². The minimum atomic E-state index is -0.955. The number of benzene rings is 2. The molecule has 0 saturated heterocycles. The predicted octanol–water partition coefficient (Wildman–Crippen LogP) is 3.67. The molecule has 1 aliphatic rings. The third-order valence-electron chi connectivity index (χ3n) is 4.84. The molecule has 0 unspecified atom stereocenters. The molecule has 8 heteroatoms. The van der Waals surface area contributed by atoms with Crippen molar-refractivity contribution >= 4 is 18.2 Å². The van der Waals surface area contributed by atoms with Gasteiger partial charge in [0.1, 0.15) is 12.3 Å². The van der Waals surface area contributed by atoms with Crippen molar-refractivity contribution in [2.45, 2.75) is 64.0 Å². The topological polar surface area (TPSA) is 170 Å². The van der Waals surface area contributed by atoms with Crippen molar-refractivity contribution in [3.8, 4) is 11.1 Å². The number of nitrogens with two attached hydrogens (primary N) is 3. The summed E-state index contributed by atoms with van der Waals surface area (Å²) in [4.78, 5) is 29.5. The first-order valence-corrected chi connectivity index (χ1v) is 11.5. The Morgan fingerprint density at radius 1 is 0.971 bits per heavy atom. The van der Waals surface area contributed by atoms with Crippen LogP contribution < -0.4 is 17.2 Å². The molecule has 1 aliphatic carbocycles. The molecule has 2 aromatic carbocycles. The molecule has 0 bridgehead atoms. The molecule has 0 radical (unpaired) electrons. The molecule has 3 rings (SSSR count). The summed E-state index contributed by atoms with van der Waals surface area (Å²) in [5.74, 6) is -1.79. The van der Waals surface area contributed by atoms with Crippen molar-refractivity contribution in [1.29, 1.82) is 0 Å². The minimum Gasteiger partial charge on any atom is -0.481 e. The van der Waals surface area contributed by atoms with E-state index in [4.69, 9.17) is 32.2 Å². The number of aldehydes is 1.